The summed E-state index contributed by atoms with van der Waals surface area (Å²) in [6.45, 7) is 1.87. The van der Waals surface area contributed by atoms with E-state index >= 15 is 0 Å². The van der Waals surface area contributed by atoms with E-state index in [1.54, 1.807) is 0 Å². The number of hydrogen-bond acceptors (Lipinski definition) is 8. The van der Waals surface area contributed by atoms with Crippen molar-refractivity contribution in [1.82, 2.24) is 14.7 Å². The number of ether oxygens (including phenoxy) is 1. The predicted octanol–water partition coefficient (Wildman–Crippen LogP) is 5.49. The zero-order valence-electron chi connectivity index (χ0n) is 21.0. The molecular weight excluding hydrogens is 613 g/mol. The van der Waals surface area contributed by atoms with E-state index in [0.717, 1.165) is 54.5 Å². The van der Waals surface area contributed by atoms with E-state index in [4.69, 9.17) is 5.73 Å². The molecule has 3 aromatic rings. The van der Waals surface area contributed by atoms with Crippen LogP contribution >= 0.6 is 15.9 Å². The van der Waals surface area contributed by atoms with Gasteiger partial charge in [-0.1, -0.05) is 35.5 Å². The number of benzene rings is 2. The van der Waals surface area contributed by atoms with Gasteiger partial charge in [0.2, 0.25) is 16.0 Å². The molecule has 0 atom stereocenters. The maximum Gasteiger partial charge on any atom is 0.573 e. The van der Waals surface area contributed by atoms with Crippen LogP contribution in [-0.4, -0.2) is 50.9 Å². The summed E-state index contributed by atoms with van der Waals surface area (Å²) in [5.41, 5.74) is 6.45. The third-order valence-electron chi connectivity index (χ3n) is 6.54. The third-order valence-corrected chi connectivity index (χ3v) is 8.49. The van der Waals surface area contributed by atoms with Crippen LogP contribution in [0.15, 0.2) is 51.8 Å². The molecule has 1 fully saturated rings. The molecule has 0 unspecified atom stereocenters. The number of halogens is 4. The monoisotopic (exact) mass is 646 g/mol. The van der Waals surface area contributed by atoms with Crippen LogP contribution < -0.4 is 25.8 Å². The van der Waals surface area contributed by atoms with Crippen LogP contribution in [0.4, 0.5) is 24.9 Å². The lowest BCUT2D eigenvalue weighted by atomic mass is 9.82. The summed E-state index contributed by atoms with van der Waals surface area (Å²) in [4.78, 5) is 8.66. The van der Waals surface area contributed by atoms with Gasteiger partial charge in [-0.2, -0.15) is 4.98 Å². The fourth-order valence-electron chi connectivity index (χ4n) is 4.57. The molecule has 4 rings (SSSR count). The number of anilines is 2. The molecule has 0 aliphatic heterocycles. The second-order valence-electron chi connectivity index (χ2n) is 9.39. The maximum atomic E-state index is 12.8. The standard InChI is InChI=1S/C25H30BrF3N6O3S.CH4/c26-18-9-10-22(21(13-18)38-25(27,28)29)39(36,37)33-15-17-7-5-16(6-8-17)14-32-24-34-20-4-2-1-3-19(20)23(35-24)31-12-11-30;/h1-4,9-10,13,16-17,33H,5-8,11-12,14-15,30H2,(H2,31,32,34,35);1H4. The van der Waals surface area contributed by atoms with Crippen molar-refractivity contribution in [3.63, 3.8) is 0 Å². The molecule has 14 heteroatoms. The molecule has 40 heavy (non-hydrogen) atoms. The molecular formula is C26H34BrF3N6O3S. The molecule has 220 valence electrons. The molecule has 2 aromatic carbocycles. The first-order valence-electron chi connectivity index (χ1n) is 12.5. The highest BCUT2D eigenvalue weighted by atomic mass is 79.9. The lowest BCUT2D eigenvalue weighted by molar-refractivity contribution is -0.275. The second kappa shape index (κ2) is 13.8. The first-order valence-corrected chi connectivity index (χ1v) is 14.8. The normalized spacial score (nSPS) is 17.7. The van der Waals surface area contributed by atoms with Crippen LogP contribution in [0, 0.1) is 11.8 Å². The topological polar surface area (TPSA) is 131 Å². The smallest absolute Gasteiger partial charge is 0.404 e. The van der Waals surface area contributed by atoms with Gasteiger partial charge in [-0.3, -0.25) is 0 Å². The molecule has 1 aliphatic carbocycles. The molecule has 0 amide bonds. The van der Waals surface area contributed by atoms with Gasteiger partial charge in [-0.15, -0.1) is 13.2 Å². The minimum absolute atomic E-state index is 0. The first kappa shape index (κ1) is 31.8. The quantitative estimate of drug-likeness (QED) is 0.215. The largest absolute Gasteiger partial charge is 0.573 e. The first-order chi connectivity index (χ1) is 18.5. The summed E-state index contributed by atoms with van der Waals surface area (Å²) < 4.78 is 70.6. The number of nitrogens with one attached hydrogen (secondary N) is 3. The number of para-hydroxylation sites is 1. The van der Waals surface area contributed by atoms with Crippen LogP contribution in [-0.2, 0) is 10.0 Å². The van der Waals surface area contributed by atoms with Crippen molar-refractivity contribution >= 4 is 48.6 Å². The Balaban J connectivity index is 0.00000441. The van der Waals surface area contributed by atoms with Gasteiger partial charge < -0.3 is 21.1 Å². The van der Waals surface area contributed by atoms with Crippen molar-refractivity contribution in [3.8, 4) is 5.75 Å². The van der Waals surface area contributed by atoms with Crippen molar-refractivity contribution in [2.45, 2.75) is 44.4 Å². The zero-order valence-corrected chi connectivity index (χ0v) is 23.4. The van der Waals surface area contributed by atoms with Crippen molar-refractivity contribution in [1.29, 1.82) is 0 Å². The molecule has 0 spiro atoms. The molecule has 9 nitrogen and oxygen atoms in total. The highest BCUT2D eigenvalue weighted by Crippen LogP contribution is 2.33. The summed E-state index contributed by atoms with van der Waals surface area (Å²) in [6.07, 6.45) is -1.72. The van der Waals surface area contributed by atoms with E-state index in [9.17, 15) is 21.6 Å². The SMILES string of the molecule is C.NCCNc1nc(NCC2CCC(CNS(=O)(=O)c3ccc(Br)cc3OC(F)(F)F)CC2)nc2ccccc12. The van der Waals surface area contributed by atoms with Crippen molar-refractivity contribution in [2.75, 3.05) is 36.8 Å². The summed E-state index contributed by atoms with van der Waals surface area (Å²) >= 11 is 3.05. The highest BCUT2D eigenvalue weighted by molar-refractivity contribution is 9.10. The van der Waals surface area contributed by atoms with Gasteiger partial charge in [0, 0.05) is 36.0 Å². The van der Waals surface area contributed by atoms with Crippen LogP contribution in [0.3, 0.4) is 0 Å². The Morgan fingerprint density at radius 2 is 1.68 bits per heavy atom. The Labute approximate surface area is 240 Å². The van der Waals surface area contributed by atoms with Gasteiger partial charge in [0.05, 0.1) is 5.52 Å². The average Bonchev–Trinajstić information content (AvgIpc) is 2.89. The summed E-state index contributed by atoms with van der Waals surface area (Å²) in [6, 6.07) is 11.1. The van der Waals surface area contributed by atoms with E-state index in [2.05, 4.69) is 46.0 Å². The zero-order chi connectivity index (χ0) is 28.0. The Bertz CT molecular complexity index is 1390. The number of alkyl halides is 3. The molecule has 1 heterocycles. The van der Waals surface area contributed by atoms with Gasteiger partial charge in [0.1, 0.15) is 10.7 Å². The summed E-state index contributed by atoms with van der Waals surface area (Å²) in [5.74, 6) is 0.888. The Morgan fingerprint density at radius 3 is 2.35 bits per heavy atom. The highest BCUT2D eigenvalue weighted by Gasteiger charge is 2.34. The van der Waals surface area contributed by atoms with Gasteiger partial charge in [0.15, 0.2) is 5.75 Å². The van der Waals surface area contributed by atoms with E-state index in [-0.39, 0.29) is 24.4 Å². The van der Waals surface area contributed by atoms with Gasteiger partial charge >= 0.3 is 6.36 Å². The van der Waals surface area contributed by atoms with Crippen molar-refractivity contribution in [3.05, 3.63) is 46.9 Å². The molecule has 1 aliphatic rings. The molecule has 5 N–H and O–H groups in total. The Kier molecular flexibility index (Phi) is 11.0. The Morgan fingerprint density at radius 1 is 1.00 bits per heavy atom. The average molecular weight is 648 g/mol. The third kappa shape index (κ3) is 8.66. The minimum Gasteiger partial charge on any atom is -0.404 e. The number of nitrogens with two attached hydrogens (primary N) is 1. The second-order valence-corrected chi connectivity index (χ2v) is 12.0. The number of rotatable bonds is 11. The van der Waals surface area contributed by atoms with Crippen LogP contribution in [0.5, 0.6) is 5.75 Å². The van der Waals surface area contributed by atoms with Crippen molar-refractivity contribution < 1.29 is 26.3 Å². The number of nitrogens with zero attached hydrogens (tertiary/aromatic N) is 2. The number of aromatic nitrogens is 2. The number of sulfonamides is 1. The van der Waals surface area contributed by atoms with Gasteiger partial charge in [0.25, 0.3) is 0 Å². The van der Waals surface area contributed by atoms with E-state index < -0.39 is 27.0 Å². The molecule has 1 saturated carbocycles. The van der Waals surface area contributed by atoms with Crippen LogP contribution in [0.1, 0.15) is 33.1 Å². The fourth-order valence-corrected chi connectivity index (χ4v) is 6.13. The predicted molar refractivity (Wildman–Crippen MR) is 154 cm³/mol. The molecule has 1 aromatic heterocycles. The van der Waals surface area contributed by atoms with E-state index in [0.29, 0.717) is 31.5 Å². The lowest BCUT2D eigenvalue weighted by Crippen LogP contribution is -2.33. The van der Waals surface area contributed by atoms with Gasteiger partial charge in [-0.05, 0) is 67.9 Å². The number of hydrogen-bond donors (Lipinski definition) is 4. The fraction of sp³-hybridized carbons (Fsp3) is 0.462. The Hall–Kier alpha value is -2.68. The lowest BCUT2D eigenvalue weighted by Gasteiger charge is -2.28. The molecule has 0 saturated heterocycles. The number of fused-ring (bicyclic) bond motifs is 1. The van der Waals surface area contributed by atoms with Crippen molar-refractivity contribution in [2.24, 2.45) is 17.6 Å². The minimum atomic E-state index is -5.02. The molecule has 0 bridgehead atoms. The van der Waals surface area contributed by atoms with E-state index in [1.807, 2.05) is 24.3 Å². The van der Waals surface area contributed by atoms with Gasteiger partial charge in [-0.25, -0.2) is 18.1 Å². The summed E-state index contributed by atoms with van der Waals surface area (Å²) in [7, 11) is -4.21. The van der Waals surface area contributed by atoms with E-state index in [1.165, 1.54) is 6.07 Å². The van der Waals surface area contributed by atoms with Crippen LogP contribution in [0.2, 0.25) is 0 Å². The van der Waals surface area contributed by atoms with Crippen LogP contribution in [0.25, 0.3) is 10.9 Å². The molecule has 0 radical (unpaired) electrons. The maximum absolute atomic E-state index is 12.8. The summed E-state index contributed by atoms with van der Waals surface area (Å²) in [5, 5.41) is 7.49.